The molecule has 1 fully saturated rings. The van der Waals surface area contributed by atoms with Crippen LogP contribution in [0, 0.1) is 0 Å². The molecule has 1 saturated carbocycles. The predicted molar refractivity (Wildman–Crippen MR) is 103 cm³/mol. The van der Waals surface area contributed by atoms with Gasteiger partial charge in [0.15, 0.2) is 0 Å². The molecule has 0 aromatic heterocycles. The molecule has 4 heteroatoms. The fourth-order valence-corrected chi connectivity index (χ4v) is 3.87. The average molecular weight is 352 g/mol. The molecule has 138 valence electrons. The van der Waals surface area contributed by atoms with Crippen LogP contribution >= 0.6 is 0 Å². The summed E-state index contributed by atoms with van der Waals surface area (Å²) in [5.74, 6) is 0. The van der Waals surface area contributed by atoms with Gasteiger partial charge in [0.1, 0.15) is 5.60 Å². The van der Waals surface area contributed by atoms with Gasteiger partial charge < -0.3 is 10.5 Å². The minimum absolute atomic E-state index is 0.423. The molecule has 1 amide bonds. The van der Waals surface area contributed by atoms with E-state index in [0.29, 0.717) is 6.04 Å². The van der Waals surface area contributed by atoms with Gasteiger partial charge in [-0.1, -0.05) is 60.7 Å². The first kappa shape index (κ1) is 18.5. The molecule has 0 atom stereocenters. The monoisotopic (exact) mass is 352 g/mol. The van der Waals surface area contributed by atoms with E-state index in [1.54, 1.807) is 0 Å². The Hall–Kier alpha value is -2.33. The van der Waals surface area contributed by atoms with Crippen molar-refractivity contribution in [2.24, 2.45) is 5.73 Å². The number of carbonyl (C=O) groups is 1. The van der Waals surface area contributed by atoms with Crippen molar-refractivity contribution in [3.8, 4) is 0 Å². The van der Waals surface area contributed by atoms with Gasteiger partial charge >= 0.3 is 6.09 Å². The van der Waals surface area contributed by atoms with Crippen molar-refractivity contribution < 1.29 is 9.53 Å². The minimum atomic E-state index is -0.670. The molecule has 3 rings (SSSR count). The van der Waals surface area contributed by atoms with Crippen LogP contribution in [0.4, 0.5) is 4.79 Å². The van der Waals surface area contributed by atoms with Crippen LogP contribution in [0.15, 0.2) is 60.7 Å². The van der Waals surface area contributed by atoms with E-state index in [1.807, 2.05) is 6.92 Å². The highest BCUT2D eigenvalue weighted by Crippen LogP contribution is 2.34. The summed E-state index contributed by atoms with van der Waals surface area (Å²) in [6.07, 6.45) is 3.03. The second-order valence-electron chi connectivity index (χ2n) is 7.48. The Bertz CT molecular complexity index is 653. The van der Waals surface area contributed by atoms with Gasteiger partial charge in [0.25, 0.3) is 0 Å². The molecule has 1 aliphatic carbocycles. The molecule has 4 nitrogen and oxygen atoms in total. The molecular formula is C22H28N2O2. The van der Waals surface area contributed by atoms with Gasteiger partial charge in [-0.3, -0.25) is 4.90 Å². The first-order valence-electron chi connectivity index (χ1n) is 9.34. The summed E-state index contributed by atoms with van der Waals surface area (Å²) in [5.41, 5.74) is 7.46. The zero-order valence-corrected chi connectivity index (χ0v) is 15.4. The van der Waals surface area contributed by atoms with E-state index >= 15 is 0 Å². The van der Waals surface area contributed by atoms with E-state index in [2.05, 4.69) is 65.6 Å². The fraction of sp³-hybridized carbons (Fsp3) is 0.409. The molecule has 0 heterocycles. The maximum atomic E-state index is 11.2. The van der Waals surface area contributed by atoms with Crippen molar-refractivity contribution in [1.82, 2.24) is 4.90 Å². The van der Waals surface area contributed by atoms with Crippen LogP contribution < -0.4 is 5.73 Å². The Balaban J connectivity index is 1.70. The van der Waals surface area contributed by atoms with E-state index in [4.69, 9.17) is 10.5 Å². The molecule has 0 aliphatic heterocycles. The SMILES string of the molecule is CC1(OC(N)=O)CCC(N(Cc2ccccc2)Cc2ccccc2)CC1. The Kier molecular flexibility index (Phi) is 5.94. The molecule has 0 bridgehead atoms. The molecule has 1 aliphatic rings. The number of hydrogen-bond donors (Lipinski definition) is 1. The molecule has 0 unspecified atom stereocenters. The van der Waals surface area contributed by atoms with Crippen molar-refractivity contribution in [2.45, 2.75) is 57.3 Å². The Morgan fingerprint density at radius 1 is 1.00 bits per heavy atom. The molecule has 2 aromatic rings. The van der Waals surface area contributed by atoms with Gasteiger partial charge in [0.05, 0.1) is 0 Å². The summed E-state index contributed by atoms with van der Waals surface area (Å²) in [4.78, 5) is 13.7. The minimum Gasteiger partial charge on any atom is -0.443 e. The van der Waals surface area contributed by atoms with Gasteiger partial charge in [0.2, 0.25) is 0 Å². The molecule has 0 saturated heterocycles. The van der Waals surface area contributed by atoms with Crippen LogP contribution in [0.25, 0.3) is 0 Å². The number of nitrogens with zero attached hydrogens (tertiary/aromatic N) is 1. The van der Waals surface area contributed by atoms with Gasteiger partial charge in [-0.2, -0.15) is 0 Å². The molecule has 2 N–H and O–H groups in total. The van der Waals surface area contributed by atoms with E-state index < -0.39 is 11.7 Å². The zero-order valence-electron chi connectivity index (χ0n) is 15.4. The average Bonchev–Trinajstić information content (AvgIpc) is 2.63. The van der Waals surface area contributed by atoms with Crippen LogP contribution in [0.1, 0.15) is 43.7 Å². The third-order valence-corrected chi connectivity index (χ3v) is 5.33. The van der Waals surface area contributed by atoms with E-state index in [-0.39, 0.29) is 0 Å². The maximum absolute atomic E-state index is 11.2. The van der Waals surface area contributed by atoms with Crippen LogP contribution in [-0.4, -0.2) is 22.6 Å². The highest BCUT2D eigenvalue weighted by molar-refractivity contribution is 5.65. The number of rotatable bonds is 6. The predicted octanol–water partition coefficient (Wildman–Crippen LogP) is 4.49. The molecule has 26 heavy (non-hydrogen) atoms. The third-order valence-electron chi connectivity index (χ3n) is 5.33. The number of ether oxygens (including phenoxy) is 1. The van der Waals surface area contributed by atoms with Gasteiger partial charge in [-0.15, -0.1) is 0 Å². The number of hydrogen-bond acceptors (Lipinski definition) is 3. The largest absolute Gasteiger partial charge is 0.443 e. The Morgan fingerprint density at radius 3 is 1.88 bits per heavy atom. The summed E-state index contributed by atoms with van der Waals surface area (Å²) >= 11 is 0. The second-order valence-corrected chi connectivity index (χ2v) is 7.48. The maximum Gasteiger partial charge on any atom is 0.405 e. The zero-order chi connectivity index (χ0) is 18.4. The van der Waals surface area contributed by atoms with E-state index in [1.165, 1.54) is 11.1 Å². The lowest BCUT2D eigenvalue weighted by Crippen LogP contribution is -2.44. The lowest BCUT2D eigenvalue weighted by Gasteiger charge is -2.41. The number of primary amides is 1. The normalized spacial score (nSPS) is 22.9. The fourth-order valence-electron chi connectivity index (χ4n) is 3.87. The van der Waals surface area contributed by atoms with Crippen LogP contribution in [0.5, 0.6) is 0 Å². The lowest BCUT2D eigenvalue weighted by atomic mass is 9.82. The topological polar surface area (TPSA) is 55.6 Å². The van der Waals surface area contributed by atoms with Gasteiger partial charge in [-0.05, 0) is 43.7 Å². The smallest absolute Gasteiger partial charge is 0.405 e. The van der Waals surface area contributed by atoms with E-state index in [0.717, 1.165) is 38.8 Å². The Morgan fingerprint density at radius 2 is 1.46 bits per heavy atom. The van der Waals surface area contributed by atoms with Crippen molar-refractivity contribution in [1.29, 1.82) is 0 Å². The molecule has 2 aromatic carbocycles. The summed E-state index contributed by atoms with van der Waals surface area (Å²) in [6, 6.07) is 21.7. The number of carbonyl (C=O) groups excluding carboxylic acids is 1. The quantitative estimate of drug-likeness (QED) is 0.833. The Labute approximate surface area is 156 Å². The summed E-state index contributed by atoms with van der Waals surface area (Å²) in [7, 11) is 0. The summed E-state index contributed by atoms with van der Waals surface area (Å²) in [6.45, 7) is 3.84. The first-order valence-corrected chi connectivity index (χ1v) is 9.34. The molecular weight excluding hydrogens is 324 g/mol. The standard InChI is InChI=1S/C22H28N2O2/c1-22(26-21(23)25)14-12-20(13-15-22)24(16-18-8-4-2-5-9-18)17-19-10-6-3-7-11-19/h2-11,20H,12-17H2,1H3,(H2,23,25). The van der Waals surface area contributed by atoms with Gasteiger partial charge in [-0.25, -0.2) is 4.79 Å². The van der Waals surface area contributed by atoms with Crippen molar-refractivity contribution in [2.75, 3.05) is 0 Å². The number of nitrogens with two attached hydrogens (primary N) is 1. The highest BCUT2D eigenvalue weighted by Gasteiger charge is 2.36. The number of benzene rings is 2. The summed E-state index contributed by atoms with van der Waals surface area (Å²) in [5, 5.41) is 0. The van der Waals surface area contributed by atoms with Crippen LogP contribution in [0.3, 0.4) is 0 Å². The number of amides is 1. The van der Waals surface area contributed by atoms with E-state index in [9.17, 15) is 4.79 Å². The van der Waals surface area contributed by atoms with Crippen LogP contribution in [0.2, 0.25) is 0 Å². The third kappa shape index (κ3) is 5.09. The van der Waals surface area contributed by atoms with Crippen molar-refractivity contribution in [3.63, 3.8) is 0 Å². The van der Waals surface area contributed by atoms with Crippen molar-refractivity contribution in [3.05, 3.63) is 71.8 Å². The first-order chi connectivity index (χ1) is 12.5. The second kappa shape index (κ2) is 8.37. The van der Waals surface area contributed by atoms with Gasteiger partial charge in [0, 0.05) is 19.1 Å². The van der Waals surface area contributed by atoms with Crippen molar-refractivity contribution >= 4 is 6.09 Å². The molecule has 0 radical (unpaired) electrons. The highest BCUT2D eigenvalue weighted by atomic mass is 16.6. The van der Waals surface area contributed by atoms with Crippen LogP contribution in [-0.2, 0) is 17.8 Å². The lowest BCUT2D eigenvalue weighted by molar-refractivity contribution is -0.0201. The summed E-state index contributed by atoms with van der Waals surface area (Å²) < 4.78 is 5.36. The molecule has 0 spiro atoms.